The number of carbonyl (C=O) groups is 2. The molecule has 2 amide bonds. The van der Waals surface area contributed by atoms with Crippen LogP contribution in [0.1, 0.15) is 6.92 Å². The van der Waals surface area contributed by atoms with E-state index in [0.29, 0.717) is 6.41 Å². The van der Waals surface area contributed by atoms with Gasteiger partial charge in [0.15, 0.2) is 5.70 Å². The molecule has 0 aromatic rings. The number of rotatable bonds is 5. The van der Waals surface area contributed by atoms with Gasteiger partial charge in [-0.15, -0.1) is 0 Å². The van der Waals surface area contributed by atoms with Gasteiger partial charge in [-0.3, -0.25) is 9.69 Å². The van der Waals surface area contributed by atoms with Crippen LogP contribution in [0.15, 0.2) is 11.5 Å². The minimum Gasteiger partial charge on any atom is -0.449 e. The van der Waals surface area contributed by atoms with Crippen LogP contribution in [0.4, 0.5) is 4.79 Å². The fourth-order valence-corrected chi connectivity index (χ4v) is 0.985. The summed E-state index contributed by atoms with van der Waals surface area (Å²) in [5, 5.41) is 13.6. The molecule has 88 valence electrons. The summed E-state index contributed by atoms with van der Waals surface area (Å²) in [7, 11) is 2.95. The van der Waals surface area contributed by atoms with Crippen LogP contribution in [0.3, 0.4) is 0 Å². The van der Waals surface area contributed by atoms with Gasteiger partial charge >= 0.3 is 6.09 Å². The third-order valence-corrected chi connectivity index (χ3v) is 1.67. The van der Waals surface area contributed by atoms with Gasteiger partial charge in [0.05, 0.1) is 6.61 Å². The largest absolute Gasteiger partial charge is 0.449 e. The molecule has 0 saturated heterocycles. The van der Waals surface area contributed by atoms with Gasteiger partial charge in [-0.2, -0.15) is 5.26 Å². The lowest BCUT2D eigenvalue weighted by Gasteiger charge is -2.20. The summed E-state index contributed by atoms with van der Waals surface area (Å²) in [6.07, 6.45) is -0.262. The molecule has 2 N–H and O–H groups in total. The third-order valence-electron chi connectivity index (χ3n) is 1.67. The SMILES string of the molecule is CCOC(=O)N(C)/C(NC)=C(\C#N)NC=O. The van der Waals surface area contributed by atoms with Crippen LogP contribution in [-0.4, -0.2) is 38.1 Å². The molecule has 0 fully saturated rings. The first kappa shape index (κ1) is 13.8. The lowest BCUT2D eigenvalue weighted by molar-refractivity contribution is -0.108. The van der Waals surface area contributed by atoms with E-state index >= 15 is 0 Å². The predicted octanol–water partition coefficient (Wildman–Crippen LogP) is -0.267. The van der Waals surface area contributed by atoms with Crippen molar-refractivity contribution in [3.63, 3.8) is 0 Å². The quantitative estimate of drug-likeness (QED) is 0.497. The van der Waals surface area contributed by atoms with E-state index in [-0.39, 0.29) is 18.1 Å². The minimum atomic E-state index is -0.618. The van der Waals surface area contributed by atoms with Crippen LogP contribution in [0.5, 0.6) is 0 Å². The van der Waals surface area contributed by atoms with E-state index in [1.54, 1.807) is 13.0 Å². The summed E-state index contributed by atoms with van der Waals surface area (Å²) in [6, 6.07) is 1.76. The molecule has 0 radical (unpaired) electrons. The van der Waals surface area contributed by atoms with Gasteiger partial charge in [0, 0.05) is 14.1 Å². The van der Waals surface area contributed by atoms with Crippen LogP contribution in [0, 0.1) is 11.3 Å². The zero-order valence-corrected chi connectivity index (χ0v) is 9.40. The van der Waals surface area contributed by atoms with E-state index < -0.39 is 6.09 Å². The topological polar surface area (TPSA) is 94.5 Å². The Kier molecular flexibility index (Phi) is 6.12. The molecule has 0 bridgehead atoms. The Morgan fingerprint density at radius 2 is 2.25 bits per heavy atom. The molecular formula is C9H14N4O3. The Hall–Kier alpha value is -2.23. The van der Waals surface area contributed by atoms with Crippen molar-refractivity contribution in [2.75, 3.05) is 20.7 Å². The zero-order valence-electron chi connectivity index (χ0n) is 9.40. The standard InChI is InChI=1S/C9H14N4O3/c1-4-16-9(15)13(3)8(11-2)7(5-10)12-6-14/h6,11H,4H2,1-3H3,(H,12,14)/b8-7+. The second-order valence-electron chi connectivity index (χ2n) is 2.61. The fraction of sp³-hybridized carbons (Fsp3) is 0.444. The van der Waals surface area contributed by atoms with Gasteiger partial charge in [-0.1, -0.05) is 0 Å². The molecule has 0 aromatic heterocycles. The summed E-state index contributed by atoms with van der Waals surface area (Å²) in [4.78, 5) is 22.7. The average molecular weight is 226 g/mol. The van der Waals surface area contributed by atoms with Gasteiger partial charge in [-0.05, 0) is 6.92 Å². The first-order valence-electron chi connectivity index (χ1n) is 4.55. The van der Waals surface area contributed by atoms with E-state index in [1.807, 2.05) is 0 Å². The van der Waals surface area contributed by atoms with Crippen LogP contribution >= 0.6 is 0 Å². The van der Waals surface area contributed by atoms with Crippen LogP contribution in [0.25, 0.3) is 0 Å². The van der Waals surface area contributed by atoms with E-state index in [0.717, 1.165) is 4.90 Å². The monoisotopic (exact) mass is 226 g/mol. The molecular weight excluding hydrogens is 212 g/mol. The molecule has 0 aliphatic carbocycles. The predicted molar refractivity (Wildman–Crippen MR) is 55.7 cm³/mol. The summed E-state index contributed by atoms with van der Waals surface area (Å²) in [6.45, 7) is 1.90. The second-order valence-corrected chi connectivity index (χ2v) is 2.61. The lowest BCUT2D eigenvalue weighted by atomic mass is 10.4. The maximum absolute atomic E-state index is 11.4. The minimum absolute atomic E-state index is 0.0620. The number of ether oxygens (including phenoxy) is 1. The van der Waals surface area contributed by atoms with Crippen LogP contribution < -0.4 is 10.6 Å². The van der Waals surface area contributed by atoms with E-state index in [1.165, 1.54) is 14.1 Å². The number of nitrogens with one attached hydrogen (secondary N) is 2. The number of allylic oxidation sites excluding steroid dienone is 1. The van der Waals surface area contributed by atoms with Crippen molar-refractivity contribution < 1.29 is 14.3 Å². The first-order valence-corrected chi connectivity index (χ1v) is 4.55. The van der Waals surface area contributed by atoms with Crippen LogP contribution in [0.2, 0.25) is 0 Å². The normalized spacial score (nSPS) is 10.6. The van der Waals surface area contributed by atoms with Crippen molar-refractivity contribution in [1.82, 2.24) is 15.5 Å². The van der Waals surface area contributed by atoms with Gasteiger partial charge in [0.2, 0.25) is 6.41 Å². The Labute approximate surface area is 93.7 Å². The molecule has 0 aliphatic heterocycles. The molecule has 16 heavy (non-hydrogen) atoms. The highest BCUT2D eigenvalue weighted by atomic mass is 16.6. The van der Waals surface area contributed by atoms with Crippen LogP contribution in [-0.2, 0) is 9.53 Å². The molecule has 0 spiro atoms. The molecule has 0 rings (SSSR count). The third kappa shape index (κ3) is 3.49. The Balaban J connectivity index is 5.02. The van der Waals surface area contributed by atoms with Gasteiger partial charge in [-0.25, -0.2) is 4.79 Å². The average Bonchev–Trinajstić information content (AvgIpc) is 2.28. The van der Waals surface area contributed by atoms with Gasteiger partial charge in [0.1, 0.15) is 11.9 Å². The highest BCUT2D eigenvalue weighted by Gasteiger charge is 2.17. The lowest BCUT2D eigenvalue weighted by Crippen LogP contribution is -2.35. The Morgan fingerprint density at radius 1 is 1.62 bits per heavy atom. The number of amides is 2. The maximum atomic E-state index is 11.4. The molecule has 0 aromatic carbocycles. The first-order chi connectivity index (χ1) is 7.62. The van der Waals surface area contributed by atoms with Crippen molar-refractivity contribution >= 4 is 12.5 Å². The van der Waals surface area contributed by atoms with E-state index in [2.05, 4.69) is 10.6 Å². The summed E-state index contributed by atoms with van der Waals surface area (Å²) in [5.74, 6) is 0.160. The van der Waals surface area contributed by atoms with E-state index in [4.69, 9.17) is 10.00 Å². The van der Waals surface area contributed by atoms with Gasteiger partial charge < -0.3 is 15.4 Å². The highest BCUT2D eigenvalue weighted by Crippen LogP contribution is 2.04. The number of nitrogens with zero attached hydrogens (tertiary/aromatic N) is 2. The highest BCUT2D eigenvalue weighted by molar-refractivity contribution is 5.70. The number of nitriles is 1. The molecule has 0 unspecified atom stereocenters. The molecule has 0 saturated carbocycles. The Bertz CT molecular complexity index is 332. The van der Waals surface area contributed by atoms with E-state index in [9.17, 15) is 9.59 Å². The van der Waals surface area contributed by atoms with Crippen molar-refractivity contribution in [3.05, 3.63) is 11.5 Å². The molecule has 0 aliphatic rings. The van der Waals surface area contributed by atoms with Crippen molar-refractivity contribution in [2.45, 2.75) is 6.92 Å². The number of hydrogen-bond acceptors (Lipinski definition) is 5. The number of carbonyl (C=O) groups excluding carboxylic acids is 2. The summed E-state index contributed by atoms with van der Waals surface area (Å²) < 4.78 is 4.75. The van der Waals surface area contributed by atoms with Crippen molar-refractivity contribution in [3.8, 4) is 6.07 Å². The zero-order chi connectivity index (χ0) is 12.6. The Morgan fingerprint density at radius 3 is 2.62 bits per heavy atom. The maximum Gasteiger partial charge on any atom is 0.415 e. The molecule has 0 atom stereocenters. The van der Waals surface area contributed by atoms with Gasteiger partial charge in [0.25, 0.3) is 0 Å². The summed E-state index contributed by atoms with van der Waals surface area (Å²) in [5.41, 5.74) is -0.0620. The smallest absolute Gasteiger partial charge is 0.415 e. The molecule has 0 heterocycles. The molecule has 7 heteroatoms. The fourth-order valence-electron chi connectivity index (χ4n) is 0.985. The summed E-state index contributed by atoms with van der Waals surface area (Å²) >= 11 is 0. The number of hydrogen-bond donors (Lipinski definition) is 2. The second kappa shape index (κ2) is 7.11. The van der Waals surface area contributed by atoms with Crippen molar-refractivity contribution in [2.24, 2.45) is 0 Å². The molecule has 7 nitrogen and oxygen atoms in total. The van der Waals surface area contributed by atoms with Crippen molar-refractivity contribution in [1.29, 1.82) is 5.26 Å².